The zero-order chi connectivity index (χ0) is 17.2. The summed E-state index contributed by atoms with van der Waals surface area (Å²) in [5.74, 6) is 0.138. The number of nitrogens with zero attached hydrogens (tertiary/aromatic N) is 3. The average Bonchev–Trinajstić information content (AvgIpc) is 3.39. The molecular formula is C19H26N4OS. The maximum absolute atomic E-state index is 12.9. The number of aryl methyl sites for hydroxylation is 1. The molecule has 1 saturated heterocycles. The number of hydrogen-bond donors (Lipinski definition) is 1. The number of fused-ring (bicyclic) bond motifs is 1. The Hall–Kier alpha value is -1.66. The summed E-state index contributed by atoms with van der Waals surface area (Å²) in [6.07, 6.45) is 5.26. The van der Waals surface area contributed by atoms with E-state index in [4.69, 9.17) is 5.10 Å². The maximum Gasteiger partial charge on any atom is 0.274 e. The molecule has 1 amide bonds. The van der Waals surface area contributed by atoms with Crippen LogP contribution in [0.15, 0.2) is 16.8 Å². The van der Waals surface area contributed by atoms with Gasteiger partial charge in [0.15, 0.2) is 5.69 Å². The number of rotatable bonds is 5. The normalized spacial score (nSPS) is 20.0. The van der Waals surface area contributed by atoms with Crippen molar-refractivity contribution < 1.29 is 4.79 Å². The van der Waals surface area contributed by atoms with E-state index >= 15 is 0 Å². The maximum atomic E-state index is 12.9. The molecular weight excluding hydrogens is 332 g/mol. The lowest BCUT2D eigenvalue weighted by molar-refractivity contribution is 0.0785. The van der Waals surface area contributed by atoms with E-state index in [2.05, 4.69) is 29.1 Å². The standard InChI is InChI=1S/C19H26N4OS/c1-2-23-17-6-5-15(20-12-14-7-10-25-13-14)11-16(17)18(21-23)19(24)22-8-3-4-9-22/h7,10,13,15,20H,2-6,8-9,11-12H2,1H3/t15-/m0/s1. The Kier molecular flexibility index (Phi) is 4.90. The van der Waals surface area contributed by atoms with Crippen LogP contribution in [0, 0.1) is 0 Å². The molecule has 1 fully saturated rings. The lowest BCUT2D eigenvalue weighted by atomic mass is 9.91. The van der Waals surface area contributed by atoms with Gasteiger partial charge >= 0.3 is 0 Å². The topological polar surface area (TPSA) is 50.2 Å². The molecule has 3 heterocycles. The minimum absolute atomic E-state index is 0.138. The highest BCUT2D eigenvalue weighted by molar-refractivity contribution is 7.07. The molecule has 2 aromatic heterocycles. The second-order valence-corrected chi connectivity index (χ2v) is 7.82. The Morgan fingerprint density at radius 3 is 2.96 bits per heavy atom. The Balaban J connectivity index is 1.52. The fraction of sp³-hybridized carbons (Fsp3) is 0.579. The van der Waals surface area contributed by atoms with Crippen LogP contribution < -0.4 is 5.32 Å². The van der Waals surface area contributed by atoms with Gasteiger partial charge in [-0.2, -0.15) is 16.4 Å². The molecule has 1 aliphatic heterocycles. The smallest absolute Gasteiger partial charge is 0.274 e. The number of likely N-dealkylation sites (tertiary alicyclic amines) is 1. The SMILES string of the molecule is CCn1nc(C(=O)N2CCCC2)c2c1CC[C@H](NCc1ccsc1)C2. The van der Waals surface area contributed by atoms with Gasteiger partial charge in [0.05, 0.1) is 0 Å². The zero-order valence-electron chi connectivity index (χ0n) is 14.8. The van der Waals surface area contributed by atoms with E-state index in [9.17, 15) is 4.79 Å². The number of carbonyl (C=O) groups is 1. The highest BCUT2D eigenvalue weighted by Crippen LogP contribution is 2.27. The van der Waals surface area contributed by atoms with Crippen LogP contribution in [-0.2, 0) is 25.9 Å². The summed E-state index contributed by atoms with van der Waals surface area (Å²) in [6.45, 7) is 5.61. The fourth-order valence-corrected chi connectivity index (χ4v) is 4.69. The summed E-state index contributed by atoms with van der Waals surface area (Å²) < 4.78 is 2.05. The van der Waals surface area contributed by atoms with Crippen LogP contribution in [-0.4, -0.2) is 39.7 Å². The van der Waals surface area contributed by atoms with Crippen LogP contribution in [0.5, 0.6) is 0 Å². The quantitative estimate of drug-likeness (QED) is 0.894. The third kappa shape index (κ3) is 3.37. The van der Waals surface area contributed by atoms with Gasteiger partial charge in [0.25, 0.3) is 5.91 Å². The van der Waals surface area contributed by atoms with Crippen LogP contribution in [0.2, 0.25) is 0 Å². The molecule has 0 bridgehead atoms. The zero-order valence-corrected chi connectivity index (χ0v) is 15.6. The first-order chi connectivity index (χ1) is 12.3. The van der Waals surface area contributed by atoms with E-state index in [0.717, 1.165) is 58.3 Å². The van der Waals surface area contributed by atoms with Crippen molar-refractivity contribution in [1.29, 1.82) is 0 Å². The molecule has 6 heteroatoms. The van der Waals surface area contributed by atoms with Gasteiger partial charge in [-0.3, -0.25) is 9.48 Å². The summed E-state index contributed by atoms with van der Waals surface area (Å²) >= 11 is 1.74. The molecule has 1 N–H and O–H groups in total. The van der Waals surface area contributed by atoms with Crippen molar-refractivity contribution in [2.24, 2.45) is 0 Å². The molecule has 1 aliphatic carbocycles. The third-order valence-electron chi connectivity index (χ3n) is 5.42. The molecule has 2 aliphatic rings. The van der Waals surface area contributed by atoms with Crippen LogP contribution in [0.3, 0.4) is 0 Å². The largest absolute Gasteiger partial charge is 0.337 e. The van der Waals surface area contributed by atoms with Crippen LogP contribution in [0.1, 0.15) is 53.5 Å². The van der Waals surface area contributed by atoms with Crippen molar-refractivity contribution in [2.75, 3.05) is 13.1 Å². The molecule has 0 saturated carbocycles. The summed E-state index contributed by atoms with van der Waals surface area (Å²) in [4.78, 5) is 14.9. The molecule has 0 unspecified atom stereocenters. The minimum Gasteiger partial charge on any atom is -0.337 e. The molecule has 4 rings (SSSR count). The van der Waals surface area contributed by atoms with Crippen molar-refractivity contribution in [2.45, 2.75) is 58.2 Å². The number of thiophene rings is 1. The van der Waals surface area contributed by atoms with E-state index < -0.39 is 0 Å². The minimum atomic E-state index is 0.138. The van der Waals surface area contributed by atoms with Crippen molar-refractivity contribution in [3.8, 4) is 0 Å². The van der Waals surface area contributed by atoms with E-state index in [-0.39, 0.29) is 5.91 Å². The van der Waals surface area contributed by atoms with Gasteiger partial charge in [-0.1, -0.05) is 0 Å². The number of amides is 1. The summed E-state index contributed by atoms with van der Waals surface area (Å²) in [7, 11) is 0. The Morgan fingerprint density at radius 2 is 2.24 bits per heavy atom. The van der Waals surface area contributed by atoms with Gasteiger partial charge < -0.3 is 10.2 Å². The highest BCUT2D eigenvalue weighted by Gasteiger charge is 2.31. The van der Waals surface area contributed by atoms with Gasteiger partial charge in [-0.15, -0.1) is 0 Å². The fourth-order valence-electron chi connectivity index (χ4n) is 4.02. The molecule has 0 spiro atoms. The molecule has 0 aromatic carbocycles. The van der Waals surface area contributed by atoms with E-state index in [1.54, 1.807) is 11.3 Å². The Bertz CT molecular complexity index is 731. The monoisotopic (exact) mass is 358 g/mol. The number of hydrogen-bond acceptors (Lipinski definition) is 4. The van der Waals surface area contributed by atoms with Gasteiger partial charge in [0, 0.05) is 43.5 Å². The van der Waals surface area contributed by atoms with E-state index in [1.807, 2.05) is 9.58 Å². The summed E-state index contributed by atoms with van der Waals surface area (Å²) in [5.41, 5.74) is 4.51. The number of carbonyl (C=O) groups excluding carboxylic acids is 1. The van der Waals surface area contributed by atoms with Crippen LogP contribution in [0.25, 0.3) is 0 Å². The third-order valence-corrected chi connectivity index (χ3v) is 6.15. The van der Waals surface area contributed by atoms with E-state index in [1.165, 1.54) is 16.8 Å². The van der Waals surface area contributed by atoms with Gasteiger partial charge in [-0.05, 0) is 61.4 Å². The van der Waals surface area contributed by atoms with Gasteiger partial charge in [0.1, 0.15) is 0 Å². The van der Waals surface area contributed by atoms with Crippen molar-refractivity contribution in [1.82, 2.24) is 20.0 Å². The summed E-state index contributed by atoms with van der Waals surface area (Å²) in [6, 6.07) is 2.59. The molecule has 134 valence electrons. The lowest BCUT2D eigenvalue weighted by Gasteiger charge is -2.25. The number of aromatic nitrogens is 2. The molecule has 2 aromatic rings. The van der Waals surface area contributed by atoms with Crippen molar-refractivity contribution in [3.05, 3.63) is 39.3 Å². The van der Waals surface area contributed by atoms with Crippen LogP contribution in [0.4, 0.5) is 0 Å². The second kappa shape index (κ2) is 7.30. The molecule has 0 radical (unpaired) electrons. The summed E-state index contributed by atoms with van der Waals surface area (Å²) in [5, 5.41) is 12.7. The van der Waals surface area contributed by atoms with Crippen molar-refractivity contribution >= 4 is 17.2 Å². The lowest BCUT2D eigenvalue weighted by Crippen LogP contribution is -2.35. The first kappa shape index (κ1) is 16.8. The molecule has 1 atom stereocenters. The first-order valence-corrected chi connectivity index (χ1v) is 10.3. The Morgan fingerprint density at radius 1 is 1.40 bits per heavy atom. The highest BCUT2D eigenvalue weighted by atomic mass is 32.1. The van der Waals surface area contributed by atoms with Crippen LogP contribution >= 0.6 is 11.3 Å². The van der Waals surface area contributed by atoms with E-state index in [0.29, 0.717) is 11.7 Å². The Labute approximate surface area is 153 Å². The predicted octanol–water partition coefficient (Wildman–Crippen LogP) is 2.85. The predicted molar refractivity (Wildman–Crippen MR) is 100 cm³/mol. The average molecular weight is 359 g/mol. The van der Waals surface area contributed by atoms with Gasteiger partial charge in [0.2, 0.25) is 0 Å². The molecule has 25 heavy (non-hydrogen) atoms. The first-order valence-electron chi connectivity index (χ1n) is 9.38. The second-order valence-electron chi connectivity index (χ2n) is 7.04. The number of nitrogens with one attached hydrogen (secondary N) is 1. The molecule has 5 nitrogen and oxygen atoms in total. The van der Waals surface area contributed by atoms with Crippen molar-refractivity contribution in [3.63, 3.8) is 0 Å². The van der Waals surface area contributed by atoms with Gasteiger partial charge in [-0.25, -0.2) is 0 Å².